The number of esters is 1. The Morgan fingerprint density at radius 2 is 1.73 bits per heavy atom. The number of carbonyl (C=O) groups is 3. The largest absolute Gasteiger partial charge is 0.478 e. The van der Waals surface area contributed by atoms with Crippen LogP contribution in [0.2, 0.25) is 0 Å². The standard InChI is InChI=1S/C23H29N5O5/c1-3-32-21-12-7-16(14-26-21)18(13-22(31)33-4-2)28-20(30)11-10-19(29)27-17-8-5-15(6-9-17)23(24)25/h5-9,12,14,18H,3-4,10-11,13H2,1-2H3,(H3,24,25)(H,27,29)(H,28,30). The lowest BCUT2D eigenvalue weighted by Gasteiger charge is -2.18. The van der Waals surface area contributed by atoms with Gasteiger partial charge in [-0.15, -0.1) is 0 Å². The van der Waals surface area contributed by atoms with Gasteiger partial charge in [0, 0.05) is 36.4 Å². The second-order valence-electron chi connectivity index (χ2n) is 7.03. The number of nitrogens with two attached hydrogens (primary N) is 1. The van der Waals surface area contributed by atoms with Crippen LogP contribution in [0.15, 0.2) is 42.6 Å². The molecule has 1 aromatic heterocycles. The summed E-state index contributed by atoms with van der Waals surface area (Å²) in [6.45, 7) is 4.25. The smallest absolute Gasteiger partial charge is 0.308 e. The topological polar surface area (TPSA) is 156 Å². The highest BCUT2D eigenvalue weighted by Gasteiger charge is 2.20. The molecule has 1 unspecified atom stereocenters. The summed E-state index contributed by atoms with van der Waals surface area (Å²) in [7, 11) is 0. The molecule has 10 heteroatoms. The van der Waals surface area contributed by atoms with Gasteiger partial charge in [-0.3, -0.25) is 19.8 Å². The highest BCUT2D eigenvalue weighted by Crippen LogP contribution is 2.19. The SMILES string of the molecule is CCOC(=O)CC(NC(=O)CCC(=O)Nc1ccc(C(=N)N)cc1)c1ccc(OCC)nc1. The second kappa shape index (κ2) is 12.8. The van der Waals surface area contributed by atoms with Gasteiger partial charge in [-0.2, -0.15) is 0 Å². The number of pyridine rings is 1. The molecule has 0 aliphatic heterocycles. The summed E-state index contributed by atoms with van der Waals surface area (Å²) in [5.41, 5.74) is 7.11. The molecule has 0 spiro atoms. The van der Waals surface area contributed by atoms with Gasteiger partial charge in [-0.05, 0) is 43.7 Å². The summed E-state index contributed by atoms with van der Waals surface area (Å²) in [6, 6.07) is 9.23. The van der Waals surface area contributed by atoms with Crippen LogP contribution in [0.5, 0.6) is 5.88 Å². The lowest BCUT2D eigenvalue weighted by atomic mass is 10.1. The summed E-state index contributed by atoms with van der Waals surface area (Å²) in [5, 5.41) is 12.8. The molecule has 2 amide bonds. The van der Waals surface area contributed by atoms with Crippen LogP contribution in [0.1, 0.15) is 50.3 Å². The molecule has 0 saturated carbocycles. The predicted molar refractivity (Wildman–Crippen MR) is 123 cm³/mol. The molecule has 2 aromatic rings. The molecular formula is C23H29N5O5. The maximum atomic E-state index is 12.5. The summed E-state index contributed by atoms with van der Waals surface area (Å²) in [6.07, 6.45) is 1.35. The maximum Gasteiger partial charge on any atom is 0.308 e. The lowest BCUT2D eigenvalue weighted by molar-refractivity contribution is -0.144. The van der Waals surface area contributed by atoms with E-state index in [0.717, 1.165) is 0 Å². The molecule has 0 radical (unpaired) electrons. The minimum Gasteiger partial charge on any atom is -0.478 e. The molecule has 0 saturated heterocycles. The van der Waals surface area contributed by atoms with Gasteiger partial charge in [0.2, 0.25) is 17.7 Å². The first-order valence-corrected chi connectivity index (χ1v) is 10.6. The lowest BCUT2D eigenvalue weighted by Crippen LogP contribution is -2.31. The van der Waals surface area contributed by atoms with Crippen LogP contribution in [0.3, 0.4) is 0 Å². The van der Waals surface area contributed by atoms with Crippen molar-refractivity contribution in [3.8, 4) is 5.88 Å². The highest BCUT2D eigenvalue weighted by molar-refractivity contribution is 5.96. The molecule has 1 heterocycles. The van der Waals surface area contributed by atoms with E-state index in [0.29, 0.717) is 29.3 Å². The molecule has 0 aliphatic carbocycles. The fraction of sp³-hybridized carbons (Fsp3) is 0.348. The van der Waals surface area contributed by atoms with Crippen molar-refractivity contribution in [2.75, 3.05) is 18.5 Å². The van der Waals surface area contributed by atoms with Crippen molar-refractivity contribution in [2.45, 2.75) is 39.2 Å². The zero-order valence-corrected chi connectivity index (χ0v) is 18.7. The van der Waals surface area contributed by atoms with E-state index in [1.165, 1.54) is 6.20 Å². The molecule has 2 rings (SSSR count). The normalized spacial score (nSPS) is 11.2. The third-order valence-electron chi connectivity index (χ3n) is 4.52. The number of amidine groups is 1. The average Bonchev–Trinajstić information content (AvgIpc) is 2.78. The first-order chi connectivity index (χ1) is 15.8. The van der Waals surface area contributed by atoms with Crippen LogP contribution >= 0.6 is 0 Å². The van der Waals surface area contributed by atoms with Crippen molar-refractivity contribution in [3.63, 3.8) is 0 Å². The maximum absolute atomic E-state index is 12.5. The molecular weight excluding hydrogens is 426 g/mol. The van der Waals surface area contributed by atoms with Crippen LogP contribution in [0.4, 0.5) is 5.69 Å². The van der Waals surface area contributed by atoms with Gasteiger partial charge in [0.05, 0.1) is 25.7 Å². The van der Waals surface area contributed by atoms with E-state index < -0.39 is 12.0 Å². The second-order valence-corrected chi connectivity index (χ2v) is 7.03. The van der Waals surface area contributed by atoms with Gasteiger partial charge >= 0.3 is 5.97 Å². The summed E-state index contributed by atoms with van der Waals surface area (Å²) in [5.74, 6) is -0.811. The molecule has 1 atom stereocenters. The van der Waals surface area contributed by atoms with Gasteiger partial charge in [0.15, 0.2) is 0 Å². The van der Waals surface area contributed by atoms with E-state index in [1.807, 2.05) is 6.92 Å². The van der Waals surface area contributed by atoms with Crippen LogP contribution in [0.25, 0.3) is 0 Å². The fourth-order valence-corrected chi connectivity index (χ4v) is 2.92. The number of hydrogen-bond acceptors (Lipinski definition) is 7. The van der Waals surface area contributed by atoms with E-state index in [4.69, 9.17) is 20.6 Å². The first kappa shape index (κ1) is 25.3. The number of carbonyl (C=O) groups excluding carboxylic acids is 3. The Bertz CT molecular complexity index is 960. The number of benzene rings is 1. The third-order valence-corrected chi connectivity index (χ3v) is 4.52. The first-order valence-electron chi connectivity index (χ1n) is 10.6. The predicted octanol–water partition coefficient (Wildman–Crippen LogP) is 2.29. The van der Waals surface area contributed by atoms with E-state index in [9.17, 15) is 14.4 Å². The number of aromatic nitrogens is 1. The number of nitrogens with one attached hydrogen (secondary N) is 3. The quantitative estimate of drug-likeness (QED) is 0.217. The fourth-order valence-electron chi connectivity index (χ4n) is 2.92. The number of amides is 2. The van der Waals surface area contributed by atoms with Crippen molar-refractivity contribution < 1.29 is 23.9 Å². The van der Waals surface area contributed by atoms with Gasteiger partial charge in [0.1, 0.15) is 5.84 Å². The summed E-state index contributed by atoms with van der Waals surface area (Å²) < 4.78 is 10.3. The van der Waals surface area contributed by atoms with Gasteiger partial charge in [-0.1, -0.05) is 6.07 Å². The minimum atomic E-state index is -0.651. The molecule has 0 fully saturated rings. The molecule has 176 valence electrons. The molecule has 0 aliphatic rings. The van der Waals surface area contributed by atoms with E-state index >= 15 is 0 Å². The molecule has 1 aromatic carbocycles. The molecule has 5 N–H and O–H groups in total. The Labute approximate surface area is 192 Å². The van der Waals surface area contributed by atoms with Gasteiger partial charge in [-0.25, -0.2) is 4.98 Å². The van der Waals surface area contributed by atoms with Crippen LogP contribution in [-0.4, -0.2) is 41.8 Å². The van der Waals surface area contributed by atoms with E-state index in [-0.39, 0.29) is 43.5 Å². The zero-order chi connectivity index (χ0) is 24.2. The Balaban J connectivity index is 1.94. The summed E-state index contributed by atoms with van der Waals surface area (Å²) >= 11 is 0. The van der Waals surface area contributed by atoms with E-state index in [1.54, 1.807) is 43.3 Å². The number of anilines is 1. The number of ether oxygens (including phenoxy) is 2. The Morgan fingerprint density at radius 3 is 2.30 bits per heavy atom. The van der Waals surface area contributed by atoms with Crippen molar-refractivity contribution in [2.24, 2.45) is 5.73 Å². The third kappa shape index (κ3) is 8.60. The molecule has 10 nitrogen and oxygen atoms in total. The molecule has 33 heavy (non-hydrogen) atoms. The van der Waals surface area contributed by atoms with Crippen molar-refractivity contribution >= 4 is 29.3 Å². The Morgan fingerprint density at radius 1 is 1.03 bits per heavy atom. The zero-order valence-electron chi connectivity index (χ0n) is 18.7. The van der Waals surface area contributed by atoms with Crippen LogP contribution < -0.4 is 21.1 Å². The molecule has 0 bridgehead atoms. The Hall–Kier alpha value is -3.95. The number of hydrogen-bond donors (Lipinski definition) is 4. The summed E-state index contributed by atoms with van der Waals surface area (Å²) in [4.78, 5) is 40.9. The van der Waals surface area contributed by atoms with Crippen LogP contribution in [0, 0.1) is 5.41 Å². The highest BCUT2D eigenvalue weighted by atomic mass is 16.5. The number of nitrogen functional groups attached to an aromatic ring is 1. The number of nitrogens with zero attached hydrogens (tertiary/aromatic N) is 1. The van der Waals surface area contributed by atoms with Crippen molar-refractivity contribution in [3.05, 3.63) is 53.7 Å². The van der Waals surface area contributed by atoms with Gasteiger partial charge < -0.3 is 25.8 Å². The average molecular weight is 456 g/mol. The van der Waals surface area contributed by atoms with Crippen molar-refractivity contribution in [1.82, 2.24) is 10.3 Å². The van der Waals surface area contributed by atoms with E-state index in [2.05, 4.69) is 15.6 Å². The monoisotopic (exact) mass is 455 g/mol. The Kier molecular flexibility index (Phi) is 9.81. The minimum absolute atomic E-state index is 0.0477. The van der Waals surface area contributed by atoms with Gasteiger partial charge in [0.25, 0.3) is 0 Å². The van der Waals surface area contributed by atoms with Crippen molar-refractivity contribution in [1.29, 1.82) is 5.41 Å². The van der Waals surface area contributed by atoms with Crippen LogP contribution in [-0.2, 0) is 19.1 Å². The number of rotatable bonds is 12.